The van der Waals surface area contributed by atoms with Crippen LogP contribution in [0.25, 0.3) is 0 Å². The predicted molar refractivity (Wildman–Crippen MR) is 77.3 cm³/mol. The van der Waals surface area contributed by atoms with Gasteiger partial charge in [0.2, 0.25) is 0 Å². The molecule has 1 aliphatic rings. The zero-order valence-corrected chi connectivity index (χ0v) is 12.2. The first-order valence-electron chi connectivity index (χ1n) is 6.87. The van der Waals surface area contributed by atoms with Gasteiger partial charge in [0.05, 0.1) is 7.11 Å². The quantitative estimate of drug-likeness (QED) is 0.845. The summed E-state index contributed by atoms with van der Waals surface area (Å²) in [5.74, 6) is 0.261. The maximum absolute atomic E-state index is 11.7. The van der Waals surface area contributed by atoms with Gasteiger partial charge >= 0.3 is 5.97 Å². The van der Waals surface area contributed by atoms with Crippen molar-refractivity contribution in [3.63, 3.8) is 0 Å². The zero-order valence-electron chi connectivity index (χ0n) is 12.2. The Morgan fingerprint density at radius 1 is 1.26 bits per heavy atom. The molecule has 1 saturated carbocycles. The van der Waals surface area contributed by atoms with E-state index < -0.39 is 0 Å². The van der Waals surface area contributed by atoms with Crippen molar-refractivity contribution in [2.24, 2.45) is 5.92 Å². The van der Waals surface area contributed by atoms with Gasteiger partial charge in [-0.05, 0) is 41.9 Å². The van der Waals surface area contributed by atoms with Crippen LogP contribution < -0.4 is 5.32 Å². The predicted octanol–water partition coefficient (Wildman–Crippen LogP) is 3.35. The van der Waals surface area contributed by atoms with Gasteiger partial charge in [-0.15, -0.1) is 0 Å². The number of rotatable bonds is 4. The first-order valence-corrected chi connectivity index (χ1v) is 6.87. The number of ether oxygens (including phenoxy) is 1. The standard InChI is InChI=1S/C16H23NO2/c1-16(2,3)12-7-9-13(10-8-12)17-14(11-5-6-11)15(18)19-4/h7-11,14,17H,5-6H2,1-4H3. The lowest BCUT2D eigenvalue weighted by Gasteiger charge is -2.21. The Morgan fingerprint density at radius 2 is 1.84 bits per heavy atom. The normalized spacial score (nSPS) is 16.8. The van der Waals surface area contributed by atoms with Crippen molar-refractivity contribution in [3.05, 3.63) is 29.8 Å². The highest BCUT2D eigenvalue weighted by Gasteiger charge is 2.36. The van der Waals surface area contributed by atoms with Gasteiger partial charge in [0, 0.05) is 5.69 Å². The highest BCUT2D eigenvalue weighted by Crippen LogP contribution is 2.35. The third-order valence-corrected chi connectivity index (χ3v) is 3.62. The summed E-state index contributed by atoms with van der Waals surface area (Å²) in [6.45, 7) is 6.57. The highest BCUT2D eigenvalue weighted by atomic mass is 16.5. The molecule has 0 saturated heterocycles. The van der Waals surface area contributed by atoms with E-state index in [1.807, 2.05) is 12.1 Å². The molecule has 0 aliphatic heterocycles. The fourth-order valence-corrected chi connectivity index (χ4v) is 2.17. The van der Waals surface area contributed by atoms with Crippen molar-refractivity contribution < 1.29 is 9.53 Å². The molecule has 0 aromatic heterocycles. The average molecular weight is 261 g/mol. The van der Waals surface area contributed by atoms with Crippen LogP contribution in [0.3, 0.4) is 0 Å². The minimum Gasteiger partial charge on any atom is -0.467 e. The van der Waals surface area contributed by atoms with Gasteiger partial charge in [-0.3, -0.25) is 0 Å². The number of esters is 1. The van der Waals surface area contributed by atoms with Crippen molar-refractivity contribution in [2.45, 2.75) is 45.1 Å². The van der Waals surface area contributed by atoms with Crippen LogP contribution >= 0.6 is 0 Å². The summed E-state index contributed by atoms with van der Waals surface area (Å²) in [6, 6.07) is 8.11. The third kappa shape index (κ3) is 3.49. The molecule has 1 aromatic rings. The molecule has 0 amide bonds. The van der Waals surface area contributed by atoms with E-state index in [0.29, 0.717) is 5.92 Å². The van der Waals surface area contributed by atoms with Gasteiger partial charge in [-0.1, -0.05) is 32.9 Å². The Hall–Kier alpha value is -1.51. The van der Waals surface area contributed by atoms with Crippen molar-refractivity contribution in [2.75, 3.05) is 12.4 Å². The molecule has 0 radical (unpaired) electrons. The molecular formula is C16H23NO2. The summed E-state index contributed by atoms with van der Waals surface area (Å²) in [6.07, 6.45) is 2.21. The fraction of sp³-hybridized carbons (Fsp3) is 0.562. The Kier molecular flexibility index (Phi) is 3.83. The second-order valence-electron chi connectivity index (χ2n) is 6.31. The van der Waals surface area contributed by atoms with Gasteiger partial charge in [0.25, 0.3) is 0 Å². The van der Waals surface area contributed by atoms with Crippen LogP contribution in [0.15, 0.2) is 24.3 Å². The van der Waals surface area contributed by atoms with E-state index >= 15 is 0 Å². The van der Waals surface area contributed by atoms with E-state index in [4.69, 9.17) is 4.74 Å². The molecule has 2 rings (SSSR count). The van der Waals surface area contributed by atoms with E-state index in [0.717, 1.165) is 18.5 Å². The molecule has 3 heteroatoms. The summed E-state index contributed by atoms with van der Waals surface area (Å²) in [4.78, 5) is 11.7. The van der Waals surface area contributed by atoms with Crippen LogP contribution in [0, 0.1) is 5.92 Å². The van der Waals surface area contributed by atoms with E-state index in [2.05, 4.69) is 38.2 Å². The van der Waals surface area contributed by atoms with Crippen LogP contribution in [0.1, 0.15) is 39.2 Å². The minimum absolute atomic E-state index is 0.150. The molecule has 1 unspecified atom stereocenters. The Morgan fingerprint density at radius 3 is 2.26 bits per heavy atom. The second kappa shape index (κ2) is 5.24. The molecule has 104 valence electrons. The third-order valence-electron chi connectivity index (χ3n) is 3.62. The number of methoxy groups -OCH3 is 1. The molecular weight excluding hydrogens is 238 g/mol. The molecule has 1 atom stereocenters. The first-order chi connectivity index (χ1) is 8.91. The van der Waals surface area contributed by atoms with Gasteiger partial charge in [-0.25, -0.2) is 4.79 Å². The van der Waals surface area contributed by atoms with Crippen molar-refractivity contribution in [1.82, 2.24) is 0 Å². The van der Waals surface area contributed by atoms with E-state index in [1.165, 1.54) is 12.7 Å². The van der Waals surface area contributed by atoms with E-state index in [-0.39, 0.29) is 17.4 Å². The van der Waals surface area contributed by atoms with Crippen LogP contribution in [0.2, 0.25) is 0 Å². The number of benzene rings is 1. The molecule has 1 fully saturated rings. The summed E-state index contributed by atoms with van der Waals surface area (Å²) in [7, 11) is 1.45. The largest absolute Gasteiger partial charge is 0.467 e. The highest BCUT2D eigenvalue weighted by molar-refractivity contribution is 5.80. The molecule has 1 aliphatic carbocycles. The Labute approximate surface area is 115 Å². The SMILES string of the molecule is COC(=O)C(Nc1ccc(C(C)(C)C)cc1)C1CC1. The second-order valence-corrected chi connectivity index (χ2v) is 6.31. The minimum atomic E-state index is -0.203. The maximum Gasteiger partial charge on any atom is 0.328 e. The average Bonchev–Trinajstić information content (AvgIpc) is 3.19. The van der Waals surface area contributed by atoms with E-state index in [1.54, 1.807) is 0 Å². The van der Waals surface area contributed by atoms with Crippen LogP contribution in [-0.2, 0) is 14.9 Å². The molecule has 1 aromatic carbocycles. The molecule has 19 heavy (non-hydrogen) atoms. The molecule has 0 bridgehead atoms. The van der Waals surface area contributed by atoms with Gasteiger partial charge in [-0.2, -0.15) is 0 Å². The van der Waals surface area contributed by atoms with Gasteiger partial charge < -0.3 is 10.1 Å². The smallest absolute Gasteiger partial charge is 0.328 e. The van der Waals surface area contributed by atoms with Gasteiger partial charge in [0.15, 0.2) is 0 Å². The van der Waals surface area contributed by atoms with Crippen LogP contribution in [0.4, 0.5) is 5.69 Å². The number of hydrogen-bond acceptors (Lipinski definition) is 3. The number of anilines is 1. The fourth-order valence-electron chi connectivity index (χ4n) is 2.17. The molecule has 0 spiro atoms. The van der Waals surface area contributed by atoms with Crippen molar-refractivity contribution in [3.8, 4) is 0 Å². The van der Waals surface area contributed by atoms with Crippen LogP contribution in [-0.4, -0.2) is 19.1 Å². The topological polar surface area (TPSA) is 38.3 Å². The summed E-state index contributed by atoms with van der Waals surface area (Å²) in [5.41, 5.74) is 2.42. The van der Waals surface area contributed by atoms with Crippen molar-refractivity contribution in [1.29, 1.82) is 0 Å². The van der Waals surface area contributed by atoms with Crippen molar-refractivity contribution >= 4 is 11.7 Å². The summed E-state index contributed by atoms with van der Waals surface area (Å²) in [5, 5.41) is 3.30. The lowest BCUT2D eigenvalue weighted by Crippen LogP contribution is -2.32. The number of carbonyl (C=O) groups excluding carboxylic acids is 1. The van der Waals surface area contributed by atoms with Gasteiger partial charge in [0.1, 0.15) is 6.04 Å². The number of hydrogen-bond donors (Lipinski definition) is 1. The lowest BCUT2D eigenvalue weighted by atomic mass is 9.87. The lowest BCUT2D eigenvalue weighted by molar-refractivity contribution is -0.142. The molecule has 1 N–H and O–H groups in total. The zero-order chi connectivity index (χ0) is 14.0. The Balaban J connectivity index is 2.07. The Bertz CT molecular complexity index is 441. The first kappa shape index (κ1) is 13.9. The number of carbonyl (C=O) groups is 1. The summed E-state index contributed by atoms with van der Waals surface area (Å²) < 4.78 is 4.86. The molecule has 3 nitrogen and oxygen atoms in total. The molecule has 0 heterocycles. The maximum atomic E-state index is 11.7. The summed E-state index contributed by atoms with van der Waals surface area (Å²) >= 11 is 0. The van der Waals surface area contributed by atoms with Crippen LogP contribution in [0.5, 0.6) is 0 Å². The van der Waals surface area contributed by atoms with E-state index in [9.17, 15) is 4.79 Å². The monoisotopic (exact) mass is 261 g/mol. The number of nitrogens with one attached hydrogen (secondary N) is 1.